The Kier molecular flexibility index (Phi) is 18.2. The molecule has 28 heavy (non-hydrogen) atoms. The van der Waals surface area contributed by atoms with Crippen LogP contribution in [-0.4, -0.2) is 69.6 Å². The number of amides is 3. The first-order valence-corrected chi connectivity index (χ1v) is 8.32. The van der Waals surface area contributed by atoms with Crippen molar-refractivity contribution in [3.8, 4) is 0 Å². The number of carboxylic acids is 3. The molecule has 12 nitrogen and oxygen atoms in total. The third kappa shape index (κ3) is 22.8. The smallest absolute Gasteiger partial charge is 0.305 e. The minimum atomic E-state index is -1.29. The molecule has 162 valence electrons. The summed E-state index contributed by atoms with van der Waals surface area (Å²) < 4.78 is 0. The van der Waals surface area contributed by atoms with Gasteiger partial charge in [0.15, 0.2) is 0 Å². The lowest BCUT2D eigenvalue weighted by atomic mass is 10.2. The molecule has 0 saturated carbocycles. The van der Waals surface area contributed by atoms with E-state index in [2.05, 4.69) is 16.0 Å². The summed E-state index contributed by atoms with van der Waals surface area (Å²) in [6.07, 6.45) is -0.893. The minimum absolute atomic E-state index is 0.271. The first-order chi connectivity index (χ1) is 12.8. The van der Waals surface area contributed by atoms with Crippen LogP contribution in [0.2, 0.25) is 0 Å². The molecule has 0 aliphatic carbocycles. The monoisotopic (exact) mass is 407 g/mol. The van der Waals surface area contributed by atoms with Crippen LogP contribution in [0.4, 0.5) is 0 Å². The molecule has 0 rings (SSSR count). The van der Waals surface area contributed by atoms with E-state index >= 15 is 0 Å². The van der Waals surface area contributed by atoms with Crippen molar-refractivity contribution < 1.29 is 44.1 Å². The first kappa shape index (κ1) is 29.6. The van der Waals surface area contributed by atoms with Gasteiger partial charge in [-0.2, -0.15) is 0 Å². The zero-order chi connectivity index (χ0) is 22.9. The van der Waals surface area contributed by atoms with Crippen LogP contribution < -0.4 is 16.0 Å². The molecule has 0 bridgehead atoms. The van der Waals surface area contributed by atoms with Crippen molar-refractivity contribution >= 4 is 35.6 Å². The Hall–Kier alpha value is -3.18. The Morgan fingerprint density at radius 1 is 0.821 bits per heavy atom. The van der Waals surface area contributed by atoms with Gasteiger partial charge in [0.1, 0.15) is 6.04 Å². The molecular formula is C16H29N3O9. The van der Waals surface area contributed by atoms with Crippen molar-refractivity contribution in [2.75, 3.05) is 6.54 Å². The van der Waals surface area contributed by atoms with Crippen LogP contribution >= 0.6 is 0 Å². The molecule has 0 aromatic carbocycles. The maximum atomic E-state index is 11.7. The van der Waals surface area contributed by atoms with Crippen molar-refractivity contribution in [1.82, 2.24) is 16.0 Å². The van der Waals surface area contributed by atoms with E-state index in [-0.39, 0.29) is 6.42 Å². The Labute approximate surface area is 162 Å². The summed E-state index contributed by atoms with van der Waals surface area (Å²) >= 11 is 0. The van der Waals surface area contributed by atoms with E-state index in [9.17, 15) is 24.0 Å². The van der Waals surface area contributed by atoms with Crippen molar-refractivity contribution in [2.24, 2.45) is 0 Å². The van der Waals surface area contributed by atoms with E-state index in [1.165, 1.54) is 6.92 Å². The second-order valence-electron chi connectivity index (χ2n) is 5.15. The van der Waals surface area contributed by atoms with E-state index in [1.807, 2.05) is 13.8 Å². The third-order valence-corrected chi connectivity index (χ3v) is 2.38. The number of nitrogens with one attached hydrogen (secondary N) is 3. The van der Waals surface area contributed by atoms with Gasteiger partial charge in [-0.15, -0.1) is 0 Å². The highest BCUT2D eigenvalue weighted by Crippen LogP contribution is 1.94. The van der Waals surface area contributed by atoms with Crippen LogP contribution in [-0.2, 0) is 28.8 Å². The summed E-state index contributed by atoms with van der Waals surface area (Å²) in [5, 5.41) is 31.3. The quantitative estimate of drug-likeness (QED) is 0.282. The Balaban J connectivity index is -0.000000916. The van der Waals surface area contributed by atoms with Gasteiger partial charge in [-0.3, -0.25) is 28.8 Å². The molecule has 0 aliphatic heterocycles. The van der Waals surface area contributed by atoms with Crippen LogP contribution in [0, 0.1) is 0 Å². The van der Waals surface area contributed by atoms with Gasteiger partial charge in [-0.05, 0) is 6.92 Å². The largest absolute Gasteiger partial charge is 0.481 e. The molecule has 0 aliphatic rings. The Bertz CT molecular complexity index is 529. The number of hydrogen-bond acceptors (Lipinski definition) is 6. The van der Waals surface area contributed by atoms with Gasteiger partial charge in [0.05, 0.1) is 19.4 Å². The second kappa shape index (κ2) is 17.2. The van der Waals surface area contributed by atoms with Crippen molar-refractivity contribution in [2.45, 2.75) is 59.5 Å². The Morgan fingerprint density at radius 3 is 1.61 bits per heavy atom. The summed E-state index contributed by atoms with van der Waals surface area (Å²) in [6, 6.07) is -1.91. The van der Waals surface area contributed by atoms with Gasteiger partial charge >= 0.3 is 11.9 Å². The highest BCUT2D eigenvalue weighted by Gasteiger charge is 2.23. The molecule has 0 spiro atoms. The number of aliphatic carboxylic acids is 3. The van der Waals surface area contributed by atoms with E-state index in [4.69, 9.17) is 20.1 Å². The predicted molar refractivity (Wildman–Crippen MR) is 97.4 cm³/mol. The summed E-state index contributed by atoms with van der Waals surface area (Å²) in [5.41, 5.74) is 0. The fraction of sp³-hybridized carbons (Fsp3) is 0.625. The molecule has 2 unspecified atom stereocenters. The molecule has 0 aromatic rings. The standard InChI is InChI=1S/C12H19N3O7.C2H4O2.C2H6/c1-6(3-10(18)19)14-9(17)5-13-12(22)8(4-11(20)21)15-7(2)16;1-2(3)4;1-2/h6,8H,3-5H2,1-2H3,(H,13,22)(H,14,17)(H,15,16)(H,18,19)(H,20,21);1H3,(H,3,4);1-2H3. The normalized spacial score (nSPS) is 11.0. The minimum Gasteiger partial charge on any atom is -0.481 e. The van der Waals surface area contributed by atoms with E-state index < -0.39 is 60.7 Å². The lowest BCUT2D eigenvalue weighted by Gasteiger charge is -2.16. The van der Waals surface area contributed by atoms with Crippen molar-refractivity contribution in [3.63, 3.8) is 0 Å². The number of rotatable bonds is 9. The average molecular weight is 407 g/mol. The fourth-order valence-corrected chi connectivity index (χ4v) is 1.56. The van der Waals surface area contributed by atoms with Crippen LogP contribution in [0.5, 0.6) is 0 Å². The van der Waals surface area contributed by atoms with Crippen molar-refractivity contribution in [1.29, 1.82) is 0 Å². The number of carbonyl (C=O) groups is 6. The molecular weight excluding hydrogens is 378 g/mol. The summed E-state index contributed by atoms with van der Waals surface area (Å²) in [4.78, 5) is 64.2. The van der Waals surface area contributed by atoms with Gasteiger partial charge in [0.2, 0.25) is 17.7 Å². The summed E-state index contributed by atoms with van der Waals surface area (Å²) in [5.74, 6) is -5.23. The molecule has 0 saturated heterocycles. The number of carboxylic acid groups (broad SMARTS) is 3. The average Bonchev–Trinajstić information content (AvgIpc) is 2.51. The van der Waals surface area contributed by atoms with Gasteiger partial charge in [-0.25, -0.2) is 0 Å². The van der Waals surface area contributed by atoms with E-state index in [0.29, 0.717) is 0 Å². The van der Waals surface area contributed by atoms with Crippen LogP contribution in [0.1, 0.15) is 47.5 Å². The lowest BCUT2D eigenvalue weighted by Crippen LogP contribution is -2.50. The SMILES string of the molecule is CC.CC(=O)NC(CC(=O)O)C(=O)NCC(=O)NC(C)CC(=O)O.CC(=O)O. The molecule has 12 heteroatoms. The van der Waals surface area contributed by atoms with Gasteiger partial charge in [0, 0.05) is 19.9 Å². The van der Waals surface area contributed by atoms with Crippen LogP contribution in [0.25, 0.3) is 0 Å². The fourth-order valence-electron chi connectivity index (χ4n) is 1.56. The number of carbonyl (C=O) groups excluding carboxylic acids is 3. The lowest BCUT2D eigenvalue weighted by molar-refractivity contribution is -0.140. The van der Waals surface area contributed by atoms with Gasteiger partial charge in [0.25, 0.3) is 5.97 Å². The van der Waals surface area contributed by atoms with E-state index in [1.54, 1.807) is 0 Å². The number of hydrogen-bond donors (Lipinski definition) is 6. The maximum absolute atomic E-state index is 11.7. The topological polar surface area (TPSA) is 199 Å². The molecule has 0 radical (unpaired) electrons. The molecule has 6 N–H and O–H groups in total. The molecule has 0 aromatic heterocycles. The predicted octanol–water partition coefficient (Wildman–Crippen LogP) is -0.821. The zero-order valence-corrected chi connectivity index (χ0v) is 16.6. The zero-order valence-electron chi connectivity index (χ0n) is 16.6. The van der Waals surface area contributed by atoms with Gasteiger partial charge in [-0.1, -0.05) is 13.8 Å². The second-order valence-corrected chi connectivity index (χ2v) is 5.15. The molecule has 0 fully saturated rings. The van der Waals surface area contributed by atoms with Crippen LogP contribution in [0.3, 0.4) is 0 Å². The maximum Gasteiger partial charge on any atom is 0.305 e. The summed E-state index contributed by atoms with van der Waals surface area (Å²) in [7, 11) is 0. The highest BCUT2D eigenvalue weighted by atomic mass is 16.4. The molecule has 2 atom stereocenters. The third-order valence-electron chi connectivity index (χ3n) is 2.38. The van der Waals surface area contributed by atoms with E-state index in [0.717, 1.165) is 13.8 Å². The Morgan fingerprint density at radius 2 is 1.25 bits per heavy atom. The molecule has 3 amide bonds. The highest BCUT2D eigenvalue weighted by molar-refractivity contribution is 5.92. The van der Waals surface area contributed by atoms with Crippen LogP contribution in [0.15, 0.2) is 0 Å². The van der Waals surface area contributed by atoms with Crippen molar-refractivity contribution in [3.05, 3.63) is 0 Å². The first-order valence-electron chi connectivity index (χ1n) is 8.32. The molecule has 0 heterocycles. The van der Waals surface area contributed by atoms with Gasteiger partial charge < -0.3 is 31.3 Å². The summed E-state index contributed by atoms with van der Waals surface area (Å²) in [6.45, 7) is 7.24.